The monoisotopic (exact) mass is 413 g/mol. The molecule has 2 heterocycles. The van der Waals surface area contributed by atoms with Crippen molar-refractivity contribution in [3.63, 3.8) is 0 Å². The van der Waals surface area contributed by atoms with Crippen LogP contribution in [-0.2, 0) is 5.41 Å². The van der Waals surface area contributed by atoms with E-state index in [9.17, 15) is 4.79 Å². The Bertz CT molecular complexity index is 825. The smallest absolute Gasteiger partial charge is 0.318 e. The third kappa shape index (κ3) is 4.46. The van der Waals surface area contributed by atoms with E-state index >= 15 is 0 Å². The first-order chi connectivity index (χ1) is 14.0. The lowest BCUT2D eigenvalue weighted by Crippen LogP contribution is -2.49. The van der Waals surface area contributed by atoms with E-state index in [4.69, 9.17) is 0 Å². The Balaban J connectivity index is 1.44. The Hall–Kier alpha value is -1.99. The summed E-state index contributed by atoms with van der Waals surface area (Å²) in [5.41, 5.74) is 0.946. The van der Waals surface area contributed by atoms with Gasteiger partial charge in [0.05, 0.1) is 0 Å². The highest BCUT2D eigenvalue weighted by Gasteiger charge is 2.39. The molecular weight excluding hydrogens is 382 g/mol. The molecule has 2 aliphatic rings. The molecule has 2 amide bonds. The van der Waals surface area contributed by atoms with Crippen molar-refractivity contribution in [3.05, 3.63) is 40.9 Å². The summed E-state index contributed by atoms with van der Waals surface area (Å²) in [6.07, 6.45) is 4.34. The number of urea groups is 1. The highest BCUT2D eigenvalue weighted by molar-refractivity contribution is 7.15. The van der Waals surface area contributed by atoms with Gasteiger partial charge in [-0.1, -0.05) is 48.6 Å². The fourth-order valence-corrected chi connectivity index (χ4v) is 5.01. The number of nitrogens with one attached hydrogen (secondary N) is 1. The second-order valence-electron chi connectivity index (χ2n) is 8.64. The largest absolute Gasteiger partial charge is 0.324 e. The fraction of sp³-hybridized carbons (Fsp3) is 0.591. The molecule has 1 aliphatic heterocycles. The van der Waals surface area contributed by atoms with Crippen LogP contribution >= 0.6 is 11.3 Å². The van der Waals surface area contributed by atoms with E-state index in [0.29, 0.717) is 17.2 Å². The molecule has 2 fully saturated rings. The predicted octanol–water partition coefficient (Wildman–Crippen LogP) is 4.34. The van der Waals surface area contributed by atoms with Crippen LogP contribution in [0.3, 0.4) is 0 Å². The minimum atomic E-state index is -0.245. The van der Waals surface area contributed by atoms with Gasteiger partial charge in [-0.25, -0.2) is 4.79 Å². The zero-order valence-corrected chi connectivity index (χ0v) is 18.4. The van der Waals surface area contributed by atoms with Crippen LogP contribution < -0.4 is 5.32 Å². The summed E-state index contributed by atoms with van der Waals surface area (Å²) in [7, 11) is 0. The molecule has 156 valence electrons. The molecule has 1 aliphatic carbocycles. The summed E-state index contributed by atoms with van der Waals surface area (Å²) in [6.45, 7) is 9.74. The van der Waals surface area contributed by atoms with Gasteiger partial charge in [-0.05, 0) is 51.6 Å². The van der Waals surface area contributed by atoms with E-state index in [-0.39, 0.29) is 11.4 Å². The number of piperidine rings is 1. The first kappa shape index (κ1) is 20.3. The fourth-order valence-electron chi connectivity index (χ4n) is 4.16. The minimum Gasteiger partial charge on any atom is -0.318 e. The number of rotatable bonds is 6. The quantitative estimate of drug-likeness (QED) is 0.765. The molecule has 0 spiro atoms. The summed E-state index contributed by atoms with van der Waals surface area (Å²) in [6, 6.07) is 11.0. The van der Waals surface area contributed by atoms with E-state index in [0.717, 1.165) is 50.3 Å². The second-order valence-corrected chi connectivity index (χ2v) is 9.61. The van der Waals surface area contributed by atoms with Gasteiger partial charge >= 0.3 is 6.03 Å². The van der Waals surface area contributed by atoms with Crippen LogP contribution in [0.15, 0.2) is 30.3 Å². The van der Waals surface area contributed by atoms with Crippen molar-refractivity contribution in [2.45, 2.75) is 64.0 Å². The van der Waals surface area contributed by atoms with Gasteiger partial charge in [-0.3, -0.25) is 5.32 Å². The first-order valence-corrected chi connectivity index (χ1v) is 11.5. The van der Waals surface area contributed by atoms with Gasteiger partial charge in [0, 0.05) is 30.6 Å². The van der Waals surface area contributed by atoms with Gasteiger partial charge < -0.3 is 9.80 Å². The molecule has 0 radical (unpaired) electrons. The Morgan fingerprint density at radius 1 is 1.14 bits per heavy atom. The van der Waals surface area contributed by atoms with Gasteiger partial charge in [0.2, 0.25) is 5.13 Å². The summed E-state index contributed by atoms with van der Waals surface area (Å²) in [5, 5.41) is 13.2. The maximum Gasteiger partial charge on any atom is 0.324 e. The average molecular weight is 414 g/mol. The Labute approximate surface area is 177 Å². The van der Waals surface area contributed by atoms with Crippen LogP contribution in [0.5, 0.6) is 0 Å². The number of anilines is 1. The van der Waals surface area contributed by atoms with E-state index in [1.807, 2.05) is 18.2 Å². The Kier molecular flexibility index (Phi) is 5.88. The predicted molar refractivity (Wildman–Crippen MR) is 117 cm³/mol. The van der Waals surface area contributed by atoms with E-state index in [1.165, 1.54) is 16.9 Å². The van der Waals surface area contributed by atoms with Crippen molar-refractivity contribution >= 4 is 22.5 Å². The Morgan fingerprint density at radius 3 is 2.41 bits per heavy atom. The maximum atomic E-state index is 13.1. The molecule has 6 nitrogen and oxygen atoms in total. The maximum absolute atomic E-state index is 13.1. The number of aromatic nitrogens is 2. The molecular formula is C22H31N5OS. The number of hydrogen-bond acceptors (Lipinski definition) is 5. The number of amides is 2. The van der Waals surface area contributed by atoms with Crippen LogP contribution in [0.2, 0.25) is 0 Å². The van der Waals surface area contributed by atoms with Crippen molar-refractivity contribution in [2.24, 2.45) is 0 Å². The Morgan fingerprint density at radius 2 is 1.79 bits per heavy atom. The molecule has 1 saturated carbocycles. The van der Waals surface area contributed by atoms with Gasteiger partial charge in [0.1, 0.15) is 5.01 Å². The highest BCUT2D eigenvalue weighted by Crippen LogP contribution is 2.36. The summed E-state index contributed by atoms with van der Waals surface area (Å²) < 4.78 is 0. The molecule has 1 N–H and O–H groups in total. The number of nitrogens with zero attached hydrogens (tertiary/aromatic N) is 4. The van der Waals surface area contributed by atoms with Gasteiger partial charge in [-0.15, -0.1) is 10.2 Å². The highest BCUT2D eigenvalue weighted by atomic mass is 32.1. The summed E-state index contributed by atoms with van der Waals surface area (Å²) >= 11 is 1.47. The molecule has 0 bridgehead atoms. The van der Waals surface area contributed by atoms with Gasteiger partial charge in [0.25, 0.3) is 0 Å². The van der Waals surface area contributed by atoms with Crippen LogP contribution in [0, 0.1) is 0 Å². The molecule has 1 saturated heterocycles. The third-order valence-corrected chi connectivity index (χ3v) is 7.40. The van der Waals surface area contributed by atoms with Gasteiger partial charge in [-0.2, -0.15) is 0 Å². The van der Waals surface area contributed by atoms with Crippen LogP contribution in [0.4, 0.5) is 9.93 Å². The van der Waals surface area contributed by atoms with Crippen LogP contribution in [0.25, 0.3) is 0 Å². The zero-order valence-electron chi connectivity index (χ0n) is 17.6. The third-order valence-electron chi connectivity index (χ3n) is 6.24. The molecule has 29 heavy (non-hydrogen) atoms. The minimum absolute atomic E-state index is 0.0114. The average Bonchev–Trinajstić information content (AvgIpc) is 3.45. The lowest BCUT2D eigenvalue weighted by atomic mass is 9.85. The first-order valence-electron chi connectivity index (χ1n) is 10.7. The lowest BCUT2D eigenvalue weighted by Gasteiger charge is -2.38. The van der Waals surface area contributed by atoms with E-state index in [2.05, 4.69) is 58.2 Å². The van der Waals surface area contributed by atoms with Gasteiger partial charge in [0.15, 0.2) is 0 Å². The molecule has 4 rings (SSSR count). The normalized spacial score (nSPS) is 18.6. The number of carbonyl (C=O) groups is 1. The molecule has 1 aromatic carbocycles. The van der Waals surface area contributed by atoms with Crippen molar-refractivity contribution in [3.8, 4) is 0 Å². The number of likely N-dealkylation sites (tertiary alicyclic amines) is 1. The molecule has 0 unspecified atom stereocenters. The number of benzene rings is 1. The molecule has 1 aromatic heterocycles. The summed E-state index contributed by atoms with van der Waals surface area (Å²) in [5.74, 6) is 0. The topological polar surface area (TPSA) is 61.4 Å². The SMILES string of the molecule is CCN1CCC(N(C(=O)Nc2nnc(C(C)(C)c3ccccc3)s2)C2CC2)CC1. The van der Waals surface area contributed by atoms with Crippen molar-refractivity contribution < 1.29 is 4.79 Å². The van der Waals surface area contributed by atoms with Crippen molar-refractivity contribution in [2.75, 3.05) is 25.0 Å². The zero-order chi connectivity index (χ0) is 20.4. The lowest BCUT2D eigenvalue weighted by molar-refractivity contribution is 0.126. The van der Waals surface area contributed by atoms with Crippen molar-refractivity contribution in [1.29, 1.82) is 0 Å². The van der Waals surface area contributed by atoms with Crippen LogP contribution in [-0.4, -0.2) is 57.7 Å². The molecule has 2 aromatic rings. The van der Waals surface area contributed by atoms with Crippen LogP contribution in [0.1, 0.15) is 57.0 Å². The molecule has 7 heteroatoms. The van der Waals surface area contributed by atoms with E-state index < -0.39 is 0 Å². The molecule has 0 atom stereocenters. The van der Waals surface area contributed by atoms with Crippen molar-refractivity contribution in [1.82, 2.24) is 20.0 Å². The number of hydrogen-bond donors (Lipinski definition) is 1. The standard InChI is InChI=1S/C22H31N5OS/c1-4-26-14-12-18(13-15-26)27(17-10-11-17)21(28)23-20-25-24-19(29-20)22(2,3)16-8-6-5-7-9-16/h5-9,17-18H,4,10-15H2,1-3H3,(H,23,25,28). The second kappa shape index (κ2) is 8.40. The number of carbonyl (C=O) groups excluding carboxylic acids is 1. The van der Waals surface area contributed by atoms with E-state index in [1.54, 1.807) is 0 Å². The summed E-state index contributed by atoms with van der Waals surface area (Å²) in [4.78, 5) is 17.7.